The summed E-state index contributed by atoms with van der Waals surface area (Å²) in [5, 5.41) is 9.29. The molecule has 0 aliphatic heterocycles. The number of nitrogens with zero attached hydrogens (tertiary/aromatic N) is 1. The van der Waals surface area contributed by atoms with Crippen LogP contribution in [0.5, 0.6) is 0 Å². The maximum absolute atomic E-state index is 9.29. The Bertz CT molecular complexity index is 267. The van der Waals surface area contributed by atoms with Crippen molar-refractivity contribution in [3.63, 3.8) is 0 Å². The Balaban J connectivity index is 1.86. The van der Waals surface area contributed by atoms with E-state index in [-0.39, 0.29) is 0 Å². The lowest BCUT2D eigenvalue weighted by Crippen LogP contribution is -2.37. The first-order valence-corrected chi connectivity index (χ1v) is 7.35. The van der Waals surface area contributed by atoms with Gasteiger partial charge in [-0.1, -0.05) is 32.1 Å². The Hall–Kier alpha value is -0.550. The summed E-state index contributed by atoms with van der Waals surface area (Å²) >= 11 is 0. The maximum Gasteiger partial charge on any atom is 0.154 e. The summed E-state index contributed by atoms with van der Waals surface area (Å²) in [6, 6.07) is 2.42. The molecule has 0 heterocycles. The minimum absolute atomic E-state index is 0.445. The Morgan fingerprint density at radius 1 is 1.06 bits per heavy atom. The van der Waals surface area contributed by atoms with Gasteiger partial charge in [-0.15, -0.1) is 0 Å². The molecule has 0 N–H and O–H groups in total. The van der Waals surface area contributed by atoms with Gasteiger partial charge in [0.2, 0.25) is 0 Å². The van der Waals surface area contributed by atoms with Crippen LogP contribution in [-0.2, 0) is 4.74 Å². The van der Waals surface area contributed by atoms with Crippen LogP contribution in [0.25, 0.3) is 0 Å². The molecule has 2 aliphatic rings. The van der Waals surface area contributed by atoms with Gasteiger partial charge in [0.1, 0.15) is 0 Å². The Morgan fingerprint density at radius 3 is 2.18 bits per heavy atom. The van der Waals surface area contributed by atoms with E-state index in [4.69, 9.17) is 4.74 Å². The number of rotatable bonds is 3. The fraction of sp³-hybridized carbons (Fsp3) is 0.933. The molecule has 0 atom stereocenters. The summed E-state index contributed by atoms with van der Waals surface area (Å²) < 4.78 is 5.69. The zero-order valence-electron chi connectivity index (χ0n) is 11.1. The molecule has 2 heteroatoms. The zero-order valence-corrected chi connectivity index (χ0v) is 11.1. The third-order valence-electron chi connectivity index (χ3n) is 4.78. The van der Waals surface area contributed by atoms with E-state index in [1.165, 1.54) is 44.9 Å². The van der Waals surface area contributed by atoms with Crippen molar-refractivity contribution in [2.75, 3.05) is 6.61 Å². The average molecular weight is 235 g/mol. The molecule has 2 saturated carbocycles. The lowest BCUT2D eigenvalue weighted by atomic mass is 9.70. The SMILES string of the molecule is CCO[C@]1(C#N)CC[C@@H](C2CCCCC2)CC1. The lowest BCUT2D eigenvalue weighted by Gasteiger charge is -2.39. The molecule has 96 valence electrons. The summed E-state index contributed by atoms with van der Waals surface area (Å²) in [5.41, 5.74) is -0.445. The molecule has 2 rings (SSSR count). The number of hydrogen-bond acceptors (Lipinski definition) is 2. The van der Waals surface area contributed by atoms with Gasteiger partial charge >= 0.3 is 0 Å². The topological polar surface area (TPSA) is 33.0 Å². The molecule has 0 aromatic heterocycles. The monoisotopic (exact) mass is 235 g/mol. The number of hydrogen-bond donors (Lipinski definition) is 0. The fourth-order valence-electron chi connectivity index (χ4n) is 3.75. The summed E-state index contributed by atoms with van der Waals surface area (Å²) in [6.45, 7) is 2.66. The van der Waals surface area contributed by atoms with E-state index in [2.05, 4.69) is 6.07 Å². The third kappa shape index (κ3) is 3.01. The van der Waals surface area contributed by atoms with Crippen molar-refractivity contribution in [1.29, 1.82) is 5.26 Å². The van der Waals surface area contributed by atoms with Crippen molar-refractivity contribution in [3.8, 4) is 6.07 Å². The van der Waals surface area contributed by atoms with Crippen molar-refractivity contribution < 1.29 is 4.74 Å². The predicted molar refractivity (Wildman–Crippen MR) is 68.5 cm³/mol. The molecule has 0 bridgehead atoms. The highest BCUT2D eigenvalue weighted by molar-refractivity contribution is 5.05. The van der Waals surface area contributed by atoms with Gasteiger partial charge in [-0.2, -0.15) is 5.26 Å². The van der Waals surface area contributed by atoms with Crippen LogP contribution in [0.4, 0.5) is 0 Å². The molecule has 0 radical (unpaired) electrons. The highest BCUT2D eigenvalue weighted by atomic mass is 16.5. The van der Waals surface area contributed by atoms with Crippen LogP contribution in [0.2, 0.25) is 0 Å². The molecule has 0 aromatic rings. The third-order valence-corrected chi connectivity index (χ3v) is 4.78. The highest BCUT2D eigenvalue weighted by Crippen LogP contribution is 2.42. The molecule has 2 nitrogen and oxygen atoms in total. The van der Waals surface area contributed by atoms with E-state index in [0.29, 0.717) is 6.61 Å². The summed E-state index contributed by atoms with van der Waals surface area (Å²) in [7, 11) is 0. The predicted octanol–water partition coefficient (Wildman–Crippen LogP) is 4.06. The number of nitriles is 1. The van der Waals surface area contributed by atoms with E-state index >= 15 is 0 Å². The second-order valence-corrected chi connectivity index (χ2v) is 5.77. The number of ether oxygens (including phenoxy) is 1. The highest BCUT2D eigenvalue weighted by Gasteiger charge is 2.38. The van der Waals surface area contributed by atoms with E-state index in [9.17, 15) is 5.26 Å². The molecule has 2 aliphatic carbocycles. The van der Waals surface area contributed by atoms with E-state index in [0.717, 1.165) is 24.7 Å². The Labute approximate surface area is 105 Å². The second-order valence-electron chi connectivity index (χ2n) is 5.77. The van der Waals surface area contributed by atoms with Crippen molar-refractivity contribution in [2.45, 2.75) is 70.3 Å². The molecular formula is C15H25NO. The van der Waals surface area contributed by atoms with Crippen LogP contribution < -0.4 is 0 Å². The van der Waals surface area contributed by atoms with Crippen LogP contribution in [0, 0.1) is 23.2 Å². The first kappa shape index (κ1) is 12.9. The van der Waals surface area contributed by atoms with Crippen molar-refractivity contribution in [3.05, 3.63) is 0 Å². The van der Waals surface area contributed by atoms with E-state index < -0.39 is 5.60 Å². The molecule has 2 fully saturated rings. The minimum Gasteiger partial charge on any atom is -0.360 e. The first-order valence-electron chi connectivity index (χ1n) is 7.35. The second kappa shape index (κ2) is 5.87. The summed E-state index contributed by atoms with van der Waals surface area (Å²) in [4.78, 5) is 0. The van der Waals surface area contributed by atoms with Gasteiger partial charge in [0.15, 0.2) is 5.60 Å². The fourth-order valence-corrected chi connectivity index (χ4v) is 3.75. The summed E-state index contributed by atoms with van der Waals surface area (Å²) in [6.07, 6.45) is 11.5. The van der Waals surface area contributed by atoms with Crippen LogP contribution in [0.15, 0.2) is 0 Å². The van der Waals surface area contributed by atoms with Gasteiger partial charge in [-0.25, -0.2) is 0 Å². The van der Waals surface area contributed by atoms with Crippen LogP contribution in [0.1, 0.15) is 64.7 Å². The van der Waals surface area contributed by atoms with Crippen molar-refractivity contribution >= 4 is 0 Å². The van der Waals surface area contributed by atoms with Gasteiger partial charge in [0.05, 0.1) is 6.07 Å². The Morgan fingerprint density at radius 2 is 1.65 bits per heavy atom. The quantitative estimate of drug-likeness (QED) is 0.739. The summed E-state index contributed by atoms with van der Waals surface area (Å²) in [5.74, 6) is 1.82. The van der Waals surface area contributed by atoms with E-state index in [1.54, 1.807) is 0 Å². The van der Waals surface area contributed by atoms with Gasteiger partial charge in [0.25, 0.3) is 0 Å². The standard InChI is InChI=1S/C15H25NO/c1-2-17-15(12-16)10-8-14(9-11-15)13-6-4-3-5-7-13/h13-14H,2-11H2,1H3/t14-,15-. The minimum atomic E-state index is -0.445. The largest absolute Gasteiger partial charge is 0.360 e. The van der Waals surface area contributed by atoms with Crippen molar-refractivity contribution in [2.24, 2.45) is 11.8 Å². The smallest absolute Gasteiger partial charge is 0.154 e. The maximum atomic E-state index is 9.29. The molecule has 0 saturated heterocycles. The lowest BCUT2D eigenvalue weighted by molar-refractivity contribution is -0.0377. The normalized spacial score (nSPS) is 35.4. The van der Waals surface area contributed by atoms with Crippen molar-refractivity contribution in [1.82, 2.24) is 0 Å². The molecule has 0 amide bonds. The van der Waals surface area contributed by atoms with Gasteiger partial charge in [-0.05, 0) is 44.4 Å². The first-order chi connectivity index (χ1) is 8.29. The Kier molecular flexibility index (Phi) is 4.45. The van der Waals surface area contributed by atoms with Crippen LogP contribution >= 0.6 is 0 Å². The molecular weight excluding hydrogens is 210 g/mol. The average Bonchev–Trinajstić information content (AvgIpc) is 2.41. The van der Waals surface area contributed by atoms with Gasteiger partial charge < -0.3 is 4.74 Å². The molecule has 0 aromatic carbocycles. The van der Waals surface area contributed by atoms with Gasteiger partial charge in [-0.3, -0.25) is 0 Å². The van der Waals surface area contributed by atoms with Crippen LogP contribution in [0.3, 0.4) is 0 Å². The molecule has 0 spiro atoms. The van der Waals surface area contributed by atoms with E-state index in [1.807, 2.05) is 6.92 Å². The zero-order chi connectivity index (χ0) is 12.1. The molecule has 17 heavy (non-hydrogen) atoms. The molecule has 0 unspecified atom stereocenters. The van der Waals surface area contributed by atoms with Gasteiger partial charge in [0, 0.05) is 6.61 Å². The van der Waals surface area contributed by atoms with Crippen LogP contribution in [-0.4, -0.2) is 12.2 Å².